The average Bonchev–Trinajstić information content (AvgIpc) is 2.11. The van der Waals surface area contributed by atoms with Crippen LogP contribution in [0.2, 0.25) is 0 Å². The third-order valence-corrected chi connectivity index (χ3v) is 1.62. The van der Waals surface area contributed by atoms with Gasteiger partial charge in [-0.15, -0.1) is 0 Å². The third-order valence-electron chi connectivity index (χ3n) is 1.62. The van der Waals surface area contributed by atoms with Gasteiger partial charge in [0.2, 0.25) is 0 Å². The van der Waals surface area contributed by atoms with Gasteiger partial charge in [0.15, 0.2) is 0 Å². The molecule has 70 valence electrons. The Kier molecular flexibility index (Phi) is 6.05. The van der Waals surface area contributed by atoms with Crippen molar-refractivity contribution in [2.45, 2.75) is 25.7 Å². The van der Waals surface area contributed by atoms with Crippen molar-refractivity contribution in [3.8, 4) is 0 Å². The number of rotatable bonds is 5. The zero-order valence-corrected chi connectivity index (χ0v) is 7.80. The van der Waals surface area contributed by atoms with Gasteiger partial charge in [0.05, 0.1) is 27.1 Å². The molecule has 4 nitrogen and oxygen atoms in total. The number of ether oxygens (including phenoxy) is 2. The van der Waals surface area contributed by atoms with Gasteiger partial charge in [-0.25, -0.2) is 10.8 Å². The van der Waals surface area contributed by atoms with Crippen LogP contribution in [0.15, 0.2) is 0 Å². The van der Waals surface area contributed by atoms with E-state index in [4.69, 9.17) is 20.3 Å². The summed E-state index contributed by atoms with van der Waals surface area (Å²) in [4.78, 5) is 0. The fraction of sp³-hybridized carbons (Fsp3) is 0.750. The second-order valence-corrected chi connectivity index (χ2v) is 2.55. The van der Waals surface area contributed by atoms with Crippen molar-refractivity contribution in [3.05, 3.63) is 0 Å². The molecular formula is C8H18N2O2+2. The number of nitrogens with two attached hydrogens (primary N) is 2. The largest absolute Gasteiger partial charge is 0.451 e. The summed E-state index contributed by atoms with van der Waals surface area (Å²) in [5, 5.41) is 10.9. The Labute approximate surface area is 72.9 Å². The molecule has 0 heterocycles. The number of methoxy groups -OCH3 is 2. The molecule has 0 aromatic rings. The van der Waals surface area contributed by atoms with Crippen LogP contribution < -0.4 is 10.8 Å². The third kappa shape index (κ3) is 5.70. The lowest BCUT2D eigenvalue weighted by molar-refractivity contribution is -0.142. The fourth-order valence-electron chi connectivity index (χ4n) is 0.803. The molecule has 0 radical (unpaired) electrons. The van der Waals surface area contributed by atoms with E-state index in [0.717, 1.165) is 25.7 Å². The van der Waals surface area contributed by atoms with Gasteiger partial charge in [-0.1, -0.05) is 0 Å². The van der Waals surface area contributed by atoms with Crippen molar-refractivity contribution in [2.75, 3.05) is 14.2 Å². The molecule has 0 saturated carbocycles. The van der Waals surface area contributed by atoms with E-state index >= 15 is 0 Å². The van der Waals surface area contributed by atoms with Crippen LogP contribution in [0.25, 0.3) is 0 Å². The molecule has 0 aliphatic rings. The summed E-state index contributed by atoms with van der Waals surface area (Å²) in [6, 6.07) is 0. The second kappa shape index (κ2) is 6.64. The van der Waals surface area contributed by atoms with Crippen molar-refractivity contribution in [3.63, 3.8) is 0 Å². The highest BCUT2D eigenvalue weighted by atomic mass is 16.5. The van der Waals surface area contributed by atoms with E-state index in [0.29, 0.717) is 11.8 Å². The van der Waals surface area contributed by atoms with E-state index in [1.807, 2.05) is 0 Å². The van der Waals surface area contributed by atoms with E-state index in [9.17, 15) is 0 Å². The predicted octanol–water partition coefficient (Wildman–Crippen LogP) is -1.85. The fourth-order valence-corrected chi connectivity index (χ4v) is 0.803. The molecule has 0 spiro atoms. The van der Waals surface area contributed by atoms with E-state index in [-0.39, 0.29) is 0 Å². The van der Waals surface area contributed by atoms with Gasteiger partial charge in [-0.2, -0.15) is 0 Å². The van der Waals surface area contributed by atoms with Gasteiger partial charge in [0.1, 0.15) is 0 Å². The average molecular weight is 174 g/mol. The Morgan fingerprint density at radius 2 is 1.25 bits per heavy atom. The van der Waals surface area contributed by atoms with Gasteiger partial charge >= 0.3 is 11.8 Å². The van der Waals surface area contributed by atoms with Crippen molar-refractivity contribution in [1.82, 2.24) is 0 Å². The van der Waals surface area contributed by atoms with Crippen LogP contribution in [0, 0.1) is 0 Å². The topological polar surface area (TPSA) is 69.6 Å². The van der Waals surface area contributed by atoms with Crippen LogP contribution in [0.1, 0.15) is 25.7 Å². The van der Waals surface area contributed by atoms with Crippen molar-refractivity contribution >= 4 is 11.8 Å². The van der Waals surface area contributed by atoms with E-state index < -0.39 is 0 Å². The lowest BCUT2D eigenvalue weighted by atomic mass is 10.2. The molecule has 0 aliphatic carbocycles. The lowest BCUT2D eigenvalue weighted by Crippen LogP contribution is -2.41. The molecule has 0 amide bonds. The first-order valence-corrected chi connectivity index (χ1v) is 4.01. The first-order chi connectivity index (χ1) is 5.70. The minimum absolute atomic E-state index is 0.575. The molecule has 0 fully saturated rings. The number of hydrogen-bond acceptors (Lipinski definition) is 2. The highest BCUT2D eigenvalue weighted by molar-refractivity contribution is 5.70. The SMILES string of the molecule is COC(=[NH2+])CCCCC(=[NH2+])OC. The summed E-state index contributed by atoms with van der Waals surface area (Å²) >= 11 is 0. The van der Waals surface area contributed by atoms with Gasteiger partial charge in [0, 0.05) is 0 Å². The molecular weight excluding hydrogens is 156 g/mol. The Morgan fingerprint density at radius 3 is 1.50 bits per heavy atom. The first kappa shape index (κ1) is 10.9. The van der Waals surface area contributed by atoms with Gasteiger partial charge in [-0.05, 0) is 12.8 Å². The summed E-state index contributed by atoms with van der Waals surface area (Å²) in [6.45, 7) is 0. The molecule has 0 aliphatic heterocycles. The van der Waals surface area contributed by atoms with Crippen LogP contribution in [0.3, 0.4) is 0 Å². The van der Waals surface area contributed by atoms with E-state index in [2.05, 4.69) is 0 Å². The van der Waals surface area contributed by atoms with Crippen LogP contribution in [-0.2, 0) is 9.47 Å². The zero-order chi connectivity index (χ0) is 9.40. The van der Waals surface area contributed by atoms with Gasteiger partial charge < -0.3 is 9.47 Å². The Balaban J connectivity index is 3.21. The predicted molar refractivity (Wildman–Crippen MR) is 46.4 cm³/mol. The van der Waals surface area contributed by atoms with Crippen LogP contribution in [0.5, 0.6) is 0 Å². The Morgan fingerprint density at radius 1 is 0.917 bits per heavy atom. The number of hydrogen-bond donors (Lipinski definition) is 2. The van der Waals surface area contributed by atoms with Crippen molar-refractivity contribution in [2.24, 2.45) is 0 Å². The molecule has 0 atom stereocenters. The quantitative estimate of drug-likeness (QED) is 0.292. The molecule has 0 aromatic heterocycles. The monoisotopic (exact) mass is 174 g/mol. The Bertz CT molecular complexity index is 139. The maximum absolute atomic E-state index is 5.45. The minimum Gasteiger partial charge on any atom is -0.451 e. The molecule has 4 N–H and O–H groups in total. The lowest BCUT2D eigenvalue weighted by Gasteiger charge is -1.97. The summed E-state index contributed by atoms with van der Waals surface area (Å²) in [6.07, 6.45) is 3.52. The summed E-state index contributed by atoms with van der Waals surface area (Å²) < 4.78 is 9.62. The smallest absolute Gasteiger partial charge is 0.332 e. The highest BCUT2D eigenvalue weighted by Crippen LogP contribution is 1.99. The van der Waals surface area contributed by atoms with Crippen LogP contribution in [0.4, 0.5) is 0 Å². The Hall–Kier alpha value is -1.06. The standard InChI is InChI=1S/C8H16N2O2/c1-11-7(9)5-3-4-6-8(10)12-2/h9-10H,3-6H2,1-2H3/p+2. The second-order valence-electron chi connectivity index (χ2n) is 2.55. The molecule has 4 heteroatoms. The van der Waals surface area contributed by atoms with E-state index in [1.165, 1.54) is 0 Å². The summed E-state index contributed by atoms with van der Waals surface area (Å²) in [5.74, 6) is 1.15. The first-order valence-electron chi connectivity index (χ1n) is 4.01. The molecule has 0 aromatic carbocycles. The van der Waals surface area contributed by atoms with Gasteiger partial charge in [0.25, 0.3) is 0 Å². The van der Waals surface area contributed by atoms with Crippen molar-refractivity contribution in [1.29, 1.82) is 0 Å². The van der Waals surface area contributed by atoms with E-state index in [1.54, 1.807) is 14.2 Å². The van der Waals surface area contributed by atoms with Crippen LogP contribution in [-0.4, -0.2) is 26.0 Å². The summed E-state index contributed by atoms with van der Waals surface area (Å²) in [7, 11) is 3.15. The molecule has 0 saturated heterocycles. The summed E-state index contributed by atoms with van der Waals surface area (Å²) in [5.41, 5.74) is 0. The molecule has 0 bridgehead atoms. The number of unbranched alkanes of at least 4 members (excludes halogenated alkanes) is 1. The normalized spacial score (nSPS) is 9.17. The van der Waals surface area contributed by atoms with Gasteiger partial charge in [-0.3, -0.25) is 0 Å². The maximum Gasteiger partial charge on any atom is 0.332 e. The van der Waals surface area contributed by atoms with Crippen LogP contribution >= 0.6 is 0 Å². The minimum atomic E-state index is 0.575. The molecule has 0 rings (SSSR count). The zero-order valence-electron chi connectivity index (χ0n) is 7.80. The molecule has 0 unspecified atom stereocenters. The maximum atomic E-state index is 5.45. The highest BCUT2D eigenvalue weighted by Gasteiger charge is 2.04. The van der Waals surface area contributed by atoms with Crippen molar-refractivity contribution < 1.29 is 20.3 Å². The molecule has 12 heavy (non-hydrogen) atoms.